The van der Waals surface area contributed by atoms with Gasteiger partial charge < -0.3 is 40.1 Å². The van der Waals surface area contributed by atoms with Crippen molar-refractivity contribution in [3.63, 3.8) is 0 Å². The molecule has 8 nitrogen and oxygen atoms in total. The van der Waals surface area contributed by atoms with E-state index in [-0.39, 0.29) is 12.7 Å². The van der Waals surface area contributed by atoms with Gasteiger partial charge in [0, 0.05) is 0 Å². The molecule has 1 heterocycles. The van der Waals surface area contributed by atoms with Gasteiger partial charge in [0.2, 0.25) is 0 Å². The molecule has 0 aromatic heterocycles. The Morgan fingerprint density at radius 2 is 0.905 bits per heavy atom. The highest BCUT2D eigenvalue weighted by atomic mass is 16.7. The van der Waals surface area contributed by atoms with Gasteiger partial charge in [0.25, 0.3) is 0 Å². The van der Waals surface area contributed by atoms with Crippen LogP contribution >= 0.6 is 0 Å². The largest absolute Gasteiger partial charge is 0.394 e. The summed E-state index contributed by atoms with van der Waals surface area (Å²) in [6, 6.07) is 0. The molecule has 7 atom stereocenters. The fraction of sp³-hybridized carbons (Fsp3) is 1.00. The molecule has 0 spiro atoms. The number of hydrogen-bond acceptors (Lipinski definition) is 8. The van der Waals surface area contributed by atoms with Crippen LogP contribution in [0.5, 0.6) is 0 Å². The van der Waals surface area contributed by atoms with Crippen molar-refractivity contribution in [2.75, 3.05) is 13.2 Å². The van der Waals surface area contributed by atoms with E-state index in [1.807, 2.05) is 6.92 Å². The first-order chi connectivity index (χ1) is 20.4. The molecular weight excluding hydrogens is 536 g/mol. The molecule has 42 heavy (non-hydrogen) atoms. The third kappa shape index (κ3) is 20.6. The number of hydrogen-bond donors (Lipinski definition) is 6. The lowest BCUT2D eigenvalue weighted by Gasteiger charge is -2.39. The van der Waals surface area contributed by atoms with E-state index >= 15 is 0 Å². The summed E-state index contributed by atoms with van der Waals surface area (Å²) in [5.41, 5.74) is 0. The third-order valence-electron chi connectivity index (χ3n) is 8.74. The normalized spacial score (nSPS) is 24.2. The van der Waals surface area contributed by atoms with Crippen LogP contribution in [-0.2, 0) is 9.47 Å². The molecule has 1 fully saturated rings. The van der Waals surface area contributed by atoms with Crippen molar-refractivity contribution in [3.05, 3.63) is 0 Å². The number of unbranched alkanes of at least 4 members (excludes halogenated alkanes) is 20. The third-order valence-corrected chi connectivity index (χ3v) is 8.74. The zero-order valence-corrected chi connectivity index (χ0v) is 26.9. The topological polar surface area (TPSA) is 140 Å². The lowest BCUT2D eigenvalue weighted by Crippen LogP contribution is -2.59. The van der Waals surface area contributed by atoms with Gasteiger partial charge in [0.05, 0.1) is 25.4 Å². The molecule has 1 rings (SSSR count). The monoisotopic (exact) mass is 604 g/mol. The zero-order chi connectivity index (χ0) is 30.8. The predicted molar refractivity (Wildman–Crippen MR) is 168 cm³/mol. The second-order valence-electron chi connectivity index (χ2n) is 12.9. The number of aliphatic hydroxyl groups is 6. The lowest BCUT2D eigenvalue weighted by atomic mass is 9.99. The van der Waals surface area contributed by atoms with Crippen LogP contribution in [-0.4, -0.2) is 86.8 Å². The van der Waals surface area contributed by atoms with Gasteiger partial charge in [0.1, 0.15) is 24.4 Å². The molecule has 8 heteroatoms. The molecule has 0 saturated carbocycles. The van der Waals surface area contributed by atoms with E-state index in [1.165, 1.54) is 122 Å². The summed E-state index contributed by atoms with van der Waals surface area (Å²) in [5, 5.41) is 58.3. The second kappa shape index (κ2) is 27.0. The van der Waals surface area contributed by atoms with Crippen LogP contribution in [0.4, 0.5) is 0 Å². The number of aliphatic hydroxyl groups excluding tert-OH is 6. The van der Waals surface area contributed by atoms with Crippen molar-refractivity contribution in [3.8, 4) is 0 Å². The summed E-state index contributed by atoms with van der Waals surface area (Å²) in [6.07, 6.45) is 22.7. The van der Waals surface area contributed by atoms with Gasteiger partial charge in [-0.2, -0.15) is 0 Å². The first kappa shape index (κ1) is 39.7. The van der Waals surface area contributed by atoms with E-state index in [0.717, 1.165) is 19.3 Å². The first-order valence-electron chi connectivity index (χ1n) is 17.6. The Kier molecular flexibility index (Phi) is 25.6. The molecule has 0 amide bonds. The fourth-order valence-corrected chi connectivity index (χ4v) is 5.85. The van der Waals surface area contributed by atoms with E-state index in [4.69, 9.17) is 9.47 Å². The molecule has 0 aromatic rings. The Hall–Kier alpha value is -0.320. The van der Waals surface area contributed by atoms with Gasteiger partial charge in [-0.15, -0.1) is 0 Å². The SMILES string of the molecule is C[C@@H](O)CCCCCCCCCCCCCCCCCCCCCCC[C@@H](O)CCO[C@H]1O[C@H](CO)[C@H](O)[C@H](O)[C@H]1O. The molecule has 0 radical (unpaired) electrons. The maximum absolute atomic E-state index is 10.2. The summed E-state index contributed by atoms with van der Waals surface area (Å²) in [4.78, 5) is 0. The minimum atomic E-state index is -1.44. The summed E-state index contributed by atoms with van der Waals surface area (Å²) in [5.74, 6) is 0. The summed E-state index contributed by atoms with van der Waals surface area (Å²) >= 11 is 0. The van der Waals surface area contributed by atoms with Crippen molar-refractivity contribution in [2.24, 2.45) is 0 Å². The van der Waals surface area contributed by atoms with Crippen LogP contribution in [0.1, 0.15) is 161 Å². The minimum absolute atomic E-state index is 0.131. The Morgan fingerprint density at radius 3 is 1.29 bits per heavy atom. The molecule has 1 aliphatic rings. The van der Waals surface area contributed by atoms with Crippen LogP contribution in [0.2, 0.25) is 0 Å². The highest BCUT2D eigenvalue weighted by molar-refractivity contribution is 4.88. The predicted octanol–water partition coefficient (Wildman–Crippen LogP) is 5.91. The Bertz CT molecular complexity index is 576. The van der Waals surface area contributed by atoms with Crippen LogP contribution in [0.3, 0.4) is 0 Å². The molecule has 0 aromatic carbocycles. The van der Waals surface area contributed by atoms with Crippen LogP contribution in [0, 0.1) is 0 Å². The van der Waals surface area contributed by atoms with Crippen molar-refractivity contribution in [2.45, 2.75) is 204 Å². The van der Waals surface area contributed by atoms with E-state index in [0.29, 0.717) is 12.8 Å². The molecule has 0 unspecified atom stereocenters. The molecule has 1 aliphatic heterocycles. The zero-order valence-electron chi connectivity index (χ0n) is 26.9. The van der Waals surface area contributed by atoms with Crippen molar-refractivity contribution in [1.29, 1.82) is 0 Å². The van der Waals surface area contributed by atoms with Crippen LogP contribution < -0.4 is 0 Å². The standard InChI is InChI=1S/C34H68O8/c1-28(36)23-21-19-17-15-13-11-9-7-5-3-2-4-6-8-10-12-14-16-18-20-22-24-29(37)25-26-41-34-33(40)32(39)31(38)30(27-35)42-34/h28-40H,2-27H2,1H3/t28-,29-,30-,31+,32+,33-,34+/m1/s1. The van der Waals surface area contributed by atoms with Gasteiger partial charge in [-0.25, -0.2) is 0 Å². The maximum Gasteiger partial charge on any atom is 0.186 e. The second-order valence-corrected chi connectivity index (χ2v) is 12.9. The smallest absolute Gasteiger partial charge is 0.186 e. The minimum Gasteiger partial charge on any atom is -0.394 e. The first-order valence-corrected chi connectivity index (χ1v) is 17.6. The summed E-state index contributed by atoms with van der Waals surface area (Å²) in [7, 11) is 0. The fourth-order valence-electron chi connectivity index (χ4n) is 5.85. The average molecular weight is 605 g/mol. The summed E-state index contributed by atoms with van der Waals surface area (Å²) < 4.78 is 10.8. The highest BCUT2D eigenvalue weighted by Crippen LogP contribution is 2.22. The molecular formula is C34H68O8. The number of rotatable bonds is 29. The molecule has 252 valence electrons. The van der Waals surface area contributed by atoms with Crippen molar-refractivity contribution in [1.82, 2.24) is 0 Å². The highest BCUT2D eigenvalue weighted by Gasteiger charge is 2.43. The lowest BCUT2D eigenvalue weighted by molar-refractivity contribution is -0.301. The van der Waals surface area contributed by atoms with Gasteiger partial charge >= 0.3 is 0 Å². The van der Waals surface area contributed by atoms with E-state index in [9.17, 15) is 30.6 Å². The molecule has 1 saturated heterocycles. The van der Waals surface area contributed by atoms with Gasteiger partial charge in [-0.05, 0) is 26.2 Å². The Balaban J connectivity index is 1.78. The van der Waals surface area contributed by atoms with E-state index < -0.39 is 43.4 Å². The maximum atomic E-state index is 10.2. The quantitative estimate of drug-likeness (QED) is 0.0580. The van der Waals surface area contributed by atoms with Crippen LogP contribution in [0.25, 0.3) is 0 Å². The molecule has 0 aliphatic carbocycles. The van der Waals surface area contributed by atoms with Crippen LogP contribution in [0.15, 0.2) is 0 Å². The summed E-state index contributed by atoms with van der Waals surface area (Å²) in [6.45, 7) is 1.56. The molecule has 6 N–H and O–H groups in total. The van der Waals surface area contributed by atoms with Gasteiger partial charge in [-0.1, -0.05) is 135 Å². The Labute approximate surface area is 257 Å². The van der Waals surface area contributed by atoms with Gasteiger partial charge in [-0.3, -0.25) is 0 Å². The van der Waals surface area contributed by atoms with Crippen molar-refractivity contribution < 1.29 is 40.1 Å². The Morgan fingerprint density at radius 1 is 0.524 bits per heavy atom. The average Bonchev–Trinajstić information content (AvgIpc) is 2.97. The van der Waals surface area contributed by atoms with Crippen molar-refractivity contribution >= 4 is 0 Å². The van der Waals surface area contributed by atoms with Gasteiger partial charge in [0.15, 0.2) is 6.29 Å². The molecule has 0 bridgehead atoms. The number of ether oxygens (including phenoxy) is 2. The van der Waals surface area contributed by atoms with E-state index in [2.05, 4.69) is 0 Å². The van der Waals surface area contributed by atoms with E-state index in [1.54, 1.807) is 0 Å².